The zero-order valence-corrected chi connectivity index (χ0v) is 33.1. The molecule has 3 aliphatic heterocycles. The van der Waals surface area contributed by atoms with Crippen LogP contribution in [0.1, 0.15) is 113 Å². The summed E-state index contributed by atoms with van der Waals surface area (Å²) in [4.78, 5) is 14.0. The summed E-state index contributed by atoms with van der Waals surface area (Å²) in [6, 6.07) is 0. The Hall–Kier alpha value is -0.970. The van der Waals surface area contributed by atoms with E-state index in [-0.39, 0.29) is 52.7 Å². The number of hydrogen-bond donors (Lipinski definition) is 7. The average Bonchev–Trinajstić information content (AvgIpc) is 3.29. The third-order valence-corrected chi connectivity index (χ3v) is 17.9. The van der Waals surface area contributed by atoms with Crippen molar-refractivity contribution in [2.75, 3.05) is 13.2 Å². The van der Waals surface area contributed by atoms with Crippen LogP contribution < -0.4 is 0 Å². The van der Waals surface area contributed by atoms with Gasteiger partial charge in [0.1, 0.15) is 48.3 Å². The Kier molecular flexibility index (Phi) is 9.42. The molecule has 19 atom stereocenters. The van der Waals surface area contributed by atoms with Crippen molar-refractivity contribution < 1.29 is 64.2 Å². The molecule has 0 aromatic heterocycles. The number of carbonyl (C=O) groups is 1. The Morgan fingerprint density at radius 2 is 1.44 bits per heavy atom. The van der Waals surface area contributed by atoms with E-state index in [1.54, 1.807) is 0 Å². The van der Waals surface area contributed by atoms with E-state index in [0.717, 1.165) is 51.4 Å². The van der Waals surface area contributed by atoms with Crippen LogP contribution in [0.15, 0.2) is 0 Å². The number of fused-ring (bicyclic) bond motifs is 4. The van der Waals surface area contributed by atoms with Crippen LogP contribution in [0.2, 0.25) is 0 Å². The standard InChI is InChI=1S/C41H66O13/c1-35(2)12-14-40-15-13-39(7)38(6)11-8-22-36(3,4)26(9-10-37(22,5)23(38)16-25(44)41(39,24(40)17-35)54-34(40)49)52-33-31(27(45)20(43)19-50-33)53-32-30(48)29(47)28(46)21(18-42)51-32/h20-33,42-48H,8-19H2,1-7H3/t20-,21+,22-,23+,24-,25-,26-,27-,28+,29-,30+,31+,32-,33-,37-,38+,39-,40-,41+/m0/s1. The zero-order chi connectivity index (χ0) is 39.2. The number of carbonyl (C=O) groups excluding carboxylic acids is 1. The van der Waals surface area contributed by atoms with Crippen LogP contribution in [0, 0.1) is 50.2 Å². The first-order valence-corrected chi connectivity index (χ1v) is 20.6. The molecule has 7 N–H and O–H groups in total. The van der Waals surface area contributed by atoms with Gasteiger partial charge in [0.2, 0.25) is 0 Å². The SMILES string of the molecule is CC1(C)CC[C@@]23CC[C@]4(C)[C@](OC2=O)([C@@H](O)C[C@@H]2[C@@]5(C)CC[C@H](O[C@@H]6OC[C@H](O)[C@H](O)[C@H]6O[C@@H]6O[C@H](CO)[C@@H](O)[C@H](O)[C@H]6O)C(C)(C)[C@@H]5CC[C@]24C)[C@H]3C1. The van der Waals surface area contributed by atoms with Crippen molar-refractivity contribution in [1.29, 1.82) is 0 Å². The fourth-order valence-electron chi connectivity index (χ4n) is 14.6. The van der Waals surface area contributed by atoms with Gasteiger partial charge in [-0.05, 0) is 97.7 Å². The van der Waals surface area contributed by atoms with Gasteiger partial charge in [0, 0.05) is 11.3 Å². The maximum Gasteiger partial charge on any atom is 0.313 e. The summed E-state index contributed by atoms with van der Waals surface area (Å²) in [5, 5.41) is 75.3. The predicted molar refractivity (Wildman–Crippen MR) is 191 cm³/mol. The summed E-state index contributed by atoms with van der Waals surface area (Å²) >= 11 is 0. The Bertz CT molecular complexity index is 1470. The van der Waals surface area contributed by atoms with E-state index in [1.165, 1.54) is 0 Å². The van der Waals surface area contributed by atoms with Crippen molar-refractivity contribution in [2.45, 2.75) is 186 Å². The van der Waals surface area contributed by atoms with Gasteiger partial charge in [-0.1, -0.05) is 48.5 Å². The lowest BCUT2D eigenvalue weighted by Gasteiger charge is -2.74. The minimum atomic E-state index is -1.71. The lowest BCUT2D eigenvalue weighted by molar-refractivity contribution is -0.368. The van der Waals surface area contributed by atoms with Gasteiger partial charge in [0.15, 0.2) is 12.6 Å². The highest BCUT2D eigenvalue weighted by atomic mass is 16.8. The molecule has 54 heavy (non-hydrogen) atoms. The smallest absolute Gasteiger partial charge is 0.313 e. The van der Waals surface area contributed by atoms with Crippen LogP contribution in [0.3, 0.4) is 0 Å². The van der Waals surface area contributed by atoms with Crippen molar-refractivity contribution in [2.24, 2.45) is 50.2 Å². The van der Waals surface area contributed by atoms with Crippen molar-refractivity contribution in [1.82, 2.24) is 0 Å². The van der Waals surface area contributed by atoms with Crippen LogP contribution in [0.5, 0.6) is 0 Å². The highest BCUT2D eigenvalue weighted by molar-refractivity contribution is 5.82. The first-order valence-electron chi connectivity index (χ1n) is 20.6. The monoisotopic (exact) mass is 766 g/mol. The largest absolute Gasteiger partial charge is 0.455 e. The van der Waals surface area contributed by atoms with Crippen molar-refractivity contribution in [3.8, 4) is 0 Å². The van der Waals surface area contributed by atoms with Gasteiger partial charge in [-0.15, -0.1) is 0 Å². The summed E-state index contributed by atoms with van der Waals surface area (Å²) < 4.78 is 31.0. The van der Waals surface area contributed by atoms with Crippen molar-refractivity contribution in [3.63, 3.8) is 0 Å². The number of hydrogen-bond acceptors (Lipinski definition) is 13. The van der Waals surface area contributed by atoms with Gasteiger partial charge in [0.25, 0.3) is 0 Å². The zero-order valence-electron chi connectivity index (χ0n) is 33.1. The molecule has 13 heteroatoms. The molecule has 0 radical (unpaired) electrons. The van der Waals surface area contributed by atoms with Gasteiger partial charge in [-0.3, -0.25) is 4.79 Å². The van der Waals surface area contributed by atoms with Crippen molar-refractivity contribution in [3.05, 3.63) is 0 Å². The highest BCUT2D eigenvalue weighted by Crippen LogP contribution is 2.80. The fourth-order valence-corrected chi connectivity index (χ4v) is 14.6. The van der Waals surface area contributed by atoms with E-state index in [9.17, 15) is 40.5 Å². The molecule has 0 amide bonds. The average molecular weight is 767 g/mol. The molecular formula is C41H66O13. The molecule has 0 unspecified atom stereocenters. The highest BCUT2D eigenvalue weighted by Gasteiger charge is 2.83. The van der Waals surface area contributed by atoms with Gasteiger partial charge in [-0.25, -0.2) is 0 Å². The van der Waals surface area contributed by atoms with E-state index in [0.29, 0.717) is 12.8 Å². The second kappa shape index (κ2) is 12.8. The van der Waals surface area contributed by atoms with Crippen LogP contribution in [-0.2, 0) is 28.5 Å². The summed E-state index contributed by atoms with van der Waals surface area (Å²) in [5.41, 5.74) is -2.47. The topological polar surface area (TPSA) is 205 Å². The first kappa shape index (κ1) is 39.8. The van der Waals surface area contributed by atoms with Gasteiger partial charge < -0.3 is 59.4 Å². The Morgan fingerprint density at radius 1 is 0.741 bits per heavy atom. The Balaban J connectivity index is 1.05. The van der Waals surface area contributed by atoms with Crippen LogP contribution in [0.4, 0.5) is 0 Å². The summed E-state index contributed by atoms with van der Waals surface area (Å²) in [6.45, 7) is 15.3. The lowest BCUT2D eigenvalue weighted by Crippen LogP contribution is -2.76. The molecule has 13 nitrogen and oxygen atoms in total. The third-order valence-electron chi connectivity index (χ3n) is 17.9. The second-order valence-corrected chi connectivity index (χ2v) is 21.0. The Morgan fingerprint density at radius 3 is 2.15 bits per heavy atom. The fraction of sp³-hybridized carbons (Fsp3) is 0.976. The molecule has 8 rings (SSSR count). The van der Waals surface area contributed by atoms with E-state index < -0.39 is 89.9 Å². The van der Waals surface area contributed by atoms with Gasteiger partial charge >= 0.3 is 5.97 Å². The molecule has 3 heterocycles. The summed E-state index contributed by atoms with van der Waals surface area (Å²) in [6.07, 6.45) is -5.84. The van der Waals surface area contributed by atoms with Gasteiger partial charge in [0.05, 0.1) is 30.8 Å². The minimum Gasteiger partial charge on any atom is -0.455 e. The molecule has 2 bridgehead atoms. The van der Waals surface area contributed by atoms with E-state index >= 15 is 0 Å². The van der Waals surface area contributed by atoms with E-state index in [2.05, 4.69) is 48.5 Å². The molecular weight excluding hydrogens is 700 g/mol. The van der Waals surface area contributed by atoms with Crippen LogP contribution in [0.25, 0.3) is 0 Å². The number of rotatable bonds is 5. The molecule has 3 saturated heterocycles. The predicted octanol–water partition coefficient (Wildman–Crippen LogP) is 2.17. The van der Waals surface area contributed by atoms with E-state index in [4.69, 9.17) is 23.7 Å². The lowest BCUT2D eigenvalue weighted by atomic mass is 9.30. The maximum absolute atomic E-state index is 14.0. The first-order chi connectivity index (χ1) is 25.1. The molecule has 5 aliphatic carbocycles. The number of esters is 1. The van der Waals surface area contributed by atoms with Crippen LogP contribution in [-0.4, -0.2) is 128 Å². The second-order valence-electron chi connectivity index (χ2n) is 21.0. The molecule has 8 aliphatic rings. The Labute approximate surface area is 319 Å². The van der Waals surface area contributed by atoms with E-state index in [1.807, 2.05) is 0 Å². The maximum atomic E-state index is 14.0. The third kappa shape index (κ3) is 5.11. The minimum absolute atomic E-state index is 0.00128. The molecule has 308 valence electrons. The quantitative estimate of drug-likeness (QED) is 0.159. The number of aliphatic hydroxyl groups is 7. The number of aliphatic hydroxyl groups excluding tert-OH is 7. The molecule has 5 saturated carbocycles. The van der Waals surface area contributed by atoms with Gasteiger partial charge in [-0.2, -0.15) is 0 Å². The molecule has 0 aromatic rings. The van der Waals surface area contributed by atoms with Crippen LogP contribution >= 0.6 is 0 Å². The molecule has 8 fully saturated rings. The number of ether oxygens (including phenoxy) is 5. The molecule has 0 aromatic carbocycles. The summed E-state index contributed by atoms with van der Waals surface area (Å²) in [7, 11) is 0. The summed E-state index contributed by atoms with van der Waals surface area (Å²) in [5.74, 6) is 0.283. The molecule has 1 spiro atoms. The van der Waals surface area contributed by atoms with Crippen molar-refractivity contribution >= 4 is 5.97 Å². The normalized spacial score (nSPS) is 57.6.